The van der Waals surface area contributed by atoms with Gasteiger partial charge in [-0.1, -0.05) is 0 Å². The molecule has 3 aromatic rings. The van der Waals surface area contributed by atoms with Crippen LogP contribution in [0.3, 0.4) is 0 Å². The molecule has 0 fully saturated rings. The van der Waals surface area contributed by atoms with Gasteiger partial charge in [-0.15, -0.1) is 0 Å². The average Bonchev–Trinajstić information content (AvgIpc) is 2.81. The molecule has 8 nitrogen and oxygen atoms in total. The second-order valence-electron chi connectivity index (χ2n) is 5.94. The van der Waals surface area contributed by atoms with Gasteiger partial charge in [0.2, 0.25) is 5.95 Å². The molecule has 126 valence electrons. The minimum absolute atomic E-state index is 0.311. The van der Waals surface area contributed by atoms with Gasteiger partial charge < -0.3 is 15.2 Å². The van der Waals surface area contributed by atoms with E-state index in [0.29, 0.717) is 25.1 Å². The molecule has 4 heterocycles. The molecule has 25 heavy (non-hydrogen) atoms. The number of imidazole rings is 1. The number of nitrogens with one attached hydrogen (secondary N) is 1. The van der Waals surface area contributed by atoms with Crippen LogP contribution in [0.25, 0.3) is 11.0 Å². The molecule has 1 aromatic carbocycles. The summed E-state index contributed by atoms with van der Waals surface area (Å²) >= 11 is 0. The molecule has 0 bridgehead atoms. The first-order chi connectivity index (χ1) is 12.3. The Morgan fingerprint density at radius 1 is 1.12 bits per heavy atom. The SMILES string of the molecule is NC1=N[C@H](c2ccncc2)n2c(nc3cc4c(cc32)OCCCO4)N1. The van der Waals surface area contributed by atoms with Gasteiger partial charge in [-0.25, -0.2) is 9.98 Å². The van der Waals surface area contributed by atoms with Gasteiger partial charge in [-0.2, -0.15) is 0 Å². The fourth-order valence-electron chi connectivity index (χ4n) is 3.18. The van der Waals surface area contributed by atoms with Gasteiger partial charge in [0.05, 0.1) is 24.2 Å². The van der Waals surface area contributed by atoms with Crippen LogP contribution in [-0.2, 0) is 0 Å². The van der Waals surface area contributed by atoms with Gasteiger partial charge in [0, 0.05) is 36.5 Å². The van der Waals surface area contributed by atoms with Crippen LogP contribution in [-0.4, -0.2) is 33.7 Å². The van der Waals surface area contributed by atoms with E-state index >= 15 is 0 Å². The molecule has 3 N–H and O–H groups in total. The molecule has 8 heteroatoms. The van der Waals surface area contributed by atoms with E-state index in [0.717, 1.165) is 34.5 Å². The summed E-state index contributed by atoms with van der Waals surface area (Å²) in [6.07, 6.45) is 4.03. The largest absolute Gasteiger partial charge is 0.489 e. The number of hydrogen-bond donors (Lipinski definition) is 2. The van der Waals surface area contributed by atoms with E-state index in [9.17, 15) is 0 Å². The number of benzene rings is 1. The lowest BCUT2D eigenvalue weighted by Crippen LogP contribution is -2.31. The fourth-order valence-corrected chi connectivity index (χ4v) is 3.18. The van der Waals surface area contributed by atoms with E-state index in [-0.39, 0.29) is 6.17 Å². The summed E-state index contributed by atoms with van der Waals surface area (Å²) in [5.74, 6) is 2.42. The Bertz CT molecular complexity index is 982. The molecule has 2 aromatic heterocycles. The maximum atomic E-state index is 5.96. The van der Waals surface area contributed by atoms with Crippen LogP contribution in [0, 0.1) is 0 Å². The molecular weight excluding hydrogens is 320 g/mol. The van der Waals surface area contributed by atoms with Crippen molar-refractivity contribution in [3.8, 4) is 11.5 Å². The summed E-state index contributed by atoms with van der Waals surface area (Å²) in [4.78, 5) is 13.3. The minimum atomic E-state index is -0.311. The topological polar surface area (TPSA) is 99.6 Å². The first-order valence-electron chi connectivity index (χ1n) is 8.11. The summed E-state index contributed by atoms with van der Waals surface area (Å²) in [7, 11) is 0. The van der Waals surface area contributed by atoms with Crippen molar-refractivity contribution >= 4 is 22.9 Å². The maximum absolute atomic E-state index is 5.96. The zero-order valence-corrected chi connectivity index (χ0v) is 13.3. The van der Waals surface area contributed by atoms with Crippen LogP contribution < -0.4 is 20.5 Å². The Labute approximate surface area is 143 Å². The number of fused-ring (bicyclic) bond motifs is 4. The average molecular weight is 336 g/mol. The lowest BCUT2D eigenvalue weighted by Gasteiger charge is -2.23. The molecule has 0 aliphatic carbocycles. The molecule has 0 unspecified atom stereocenters. The molecule has 1 atom stereocenters. The molecular formula is C17H16N6O2. The lowest BCUT2D eigenvalue weighted by atomic mass is 10.2. The normalized spacial score (nSPS) is 18.9. The first-order valence-corrected chi connectivity index (χ1v) is 8.11. The molecule has 0 radical (unpaired) electrons. The monoisotopic (exact) mass is 336 g/mol. The minimum Gasteiger partial charge on any atom is -0.489 e. The summed E-state index contributed by atoms with van der Waals surface area (Å²) < 4.78 is 13.6. The maximum Gasteiger partial charge on any atom is 0.212 e. The first kappa shape index (κ1) is 14.1. The van der Waals surface area contributed by atoms with Gasteiger partial charge in [-0.3, -0.25) is 14.9 Å². The predicted octanol–water partition coefficient (Wildman–Crippen LogP) is 1.88. The highest BCUT2D eigenvalue weighted by Gasteiger charge is 2.26. The Kier molecular flexibility index (Phi) is 3.03. The summed E-state index contributed by atoms with van der Waals surface area (Å²) in [5.41, 5.74) is 8.65. The highest BCUT2D eigenvalue weighted by molar-refractivity contribution is 5.95. The van der Waals surface area contributed by atoms with E-state index in [1.165, 1.54) is 0 Å². The van der Waals surface area contributed by atoms with Crippen molar-refractivity contribution in [2.45, 2.75) is 12.6 Å². The number of aromatic nitrogens is 3. The number of aliphatic imine (C=N–C) groups is 1. The molecule has 0 spiro atoms. The van der Waals surface area contributed by atoms with Crippen molar-refractivity contribution in [2.24, 2.45) is 10.7 Å². The Morgan fingerprint density at radius 2 is 1.88 bits per heavy atom. The third-order valence-electron chi connectivity index (χ3n) is 4.31. The lowest BCUT2D eigenvalue weighted by molar-refractivity contribution is 0.297. The number of rotatable bonds is 1. The van der Waals surface area contributed by atoms with Gasteiger partial charge in [-0.05, 0) is 12.1 Å². The quantitative estimate of drug-likeness (QED) is 0.704. The molecule has 0 amide bonds. The number of pyridine rings is 1. The zero-order chi connectivity index (χ0) is 16.8. The smallest absolute Gasteiger partial charge is 0.212 e. The Morgan fingerprint density at radius 3 is 2.68 bits per heavy atom. The van der Waals surface area contributed by atoms with Crippen LogP contribution in [0.1, 0.15) is 18.2 Å². The molecule has 0 saturated heterocycles. The van der Waals surface area contributed by atoms with Gasteiger partial charge in [0.25, 0.3) is 0 Å². The van der Waals surface area contributed by atoms with Gasteiger partial charge in [0.1, 0.15) is 0 Å². The van der Waals surface area contributed by atoms with Crippen molar-refractivity contribution in [3.63, 3.8) is 0 Å². The predicted molar refractivity (Wildman–Crippen MR) is 93.0 cm³/mol. The van der Waals surface area contributed by atoms with Crippen molar-refractivity contribution in [2.75, 3.05) is 18.5 Å². The second-order valence-corrected chi connectivity index (χ2v) is 5.94. The number of hydrogen-bond acceptors (Lipinski definition) is 7. The third-order valence-corrected chi connectivity index (χ3v) is 4.31. The zero-order valence-electron chi connectivity index (χ0n) is 13.3. The Balaban J connectivity index is 1.72. The fraction of sp³-hybridized carbons (Fsp3) is 0.235. The molecule has 2 aliphatic heterocycles. The number of nitrogens with zero attached hydrogens (tertiary/aromatic N) is 4. The van der Waals surface area contributed by atoms with Gasteiger partial charge >= 0.3 is 0 Å². The van der Waals surface area contributed by atoms with Crippen molar-refractivity contribution in [3.05, 3.63) is 42.2 Å². The van der Waals surface area contributed by atoms with Gasteiger partial charge in [0.15, 0.2) is 23.6 Å². The van der Waals surface area contributed by atoms with Crippen LogP contribution >= 0.6 is 0 Å². The summed E-state index contributed by atoms with van der Waals surface area (Å²) in [6.45, 7) is 1.27. The summed E-state index contributed by atoms with van der Waals surface area (Å²) in [6, 6.07) is 7.71. The second kappa shape index (κ2) is 5.37. The van der Waals surface area contributed by atoms with Crippen LogP contribution in [0.5, 0.6) is 11.5 Å². The standard InChI is InChI=1S/C17H16N6O2/c18-16-21-15(10-2-4-19-5-3-10)23-12-9-14-13(24-6-1-7-25-14)8-11(12)20-17(23)22-16/h2-5,8-9,15H,1,6-7H2,(H3,18,20,21,22)/t15-/m0/s1. The highest BCUT2D eigenvalue weighted by Crippen LogP contribution is 2.38. The third kappa shape index (κ3) is 2.25. The molecule has 0 saturated carbocycles. The van der Waals surface area contributed by atoms with Crippen LogP contribution in [0.4, 0.5) is 5.95 Å². The number of ether oxygens (including phenoxy) is 2. The molecule has 2 aliphatic rings. The number of nitrogens with two attached hydrogens (primary N) is 1. The van der Waals surface area contributed by atoms with E-state index in [1.54, 1.807) is 12.4 Å². The van der Waals surface area contributed by atoms with E-state index in [1.807, 2.05) is 28.8 Å². The highest BCUT2D eigenvalue weighted by atomic mass is 16.5. The molecule has 5 rings (SSSR count). The van der Waals surface area contributed by atoms with E-state index < -0.39 is 0 Å². The van der Waals surface area contributed by atoms with Crippen LogP contribution in [0.2, 0.25) is 0 Å². The van der Waals surface area contributed by atoms with Crippen molar-refractivity contribution in [1.29, 1.82) is 0 Å². The number of anilines is 1. The number of guanidine groups is 1. The van der Waals surface area contributed by atoms with E-state index in [4.69, 9.17) is 15.2 Å². The van der Waals surface area contributed by atoms with E-state index in [2.05, 4.69) is 20.3 Å². The summed E-state index contributed by atoms with van der Waals surface area (Å²) in [5, 5.41) is 3.03. The van der Waals surface area contributed by atoms with Crippen molar-refractivity contribution < 1.29 is 9.47 Å². The van der Waals surface area contributed by atoms with Crippen LogP contribution in [0.15, 0.2) is 41.7 Å². The Hall–Kier alpha value is -3.29. The van der Waals surface area contributed by atoms with Crippen molar-refractivity contribution in [1.82, 2.24) is 14.5 Å².